The lowest BCUT2D eigenvalue weighted by atomic mass is 10.1. The zero-order valence-corrected chi connectivity index (χ0v) is 8.08. The Kier molecular flexibility index (Phi) is 3.75. The van der Waals surface area contributed by atoms with Gasteiger partial charge in [-0.15, -0.1) is 0 Å². The van der Waals surface area contributed by atoms with Crippen molar-refractivity contribution in [2.24, 2.45) is 0 Å². The summed E-state index contributed by atoms with van der Waals surface area (Å²) >= 11 is -2.17. The van der Waals surface area contributed by atoms with E-state index in [-0.39, 0.29) is 12.3 Å². The van der Waals surface area contributed by atoms with Crippen molar-refractivity contribution in [3.8, 4) is 0 Å². The van der Waals surface area contributed by atoms with Crippen LogP contribution in [-0.4, -0.2) is 21.1 Å². The molecular weight excluding hydrogens is 204 g/mol. The monoisotopic (exact) mass is 214 g/mol. The molecule has 0 aromatic heterocycles. The molecule has 1 aromatic rings. The largest absolute Gasteiger partial charge is 0.399 e. The van der Waals surface area contributed by atoms with Crippen LogP contribution in [0.3, 0.4) is 0 Å². The molecule has 0 aliphatic heterocycles. The molecule has 1 unspecified atom stereocenters. The van der Waals surface area contributed by atoms with Crippen LogP contribution in [0, 0.1) is 0 Å². The summed E-state index contributed by atoms with van der Waals surface area (Å²) in [5, 5.41) is 0. The Balaban J connectivity index is 2.65. The summed E-state index contributed by atoms with van der Waals surface area (Å²) in [5.74, 6) is -0.278. The predicted molar refractivity (Wildman–Crippen MR) is 54.0 cm³/mol. The first-order valence-corrected chi connectivity index (χ1v) is 4.93. The maximum absolute atomic E-state index is 11.3. The summed E-state index contributed by atoms with van der Waals surface area (Å²) in [6.07, 6.45) is 0. The highest BCUT2D eigenvalue weighted by molar-refractivity contribution is 7.77. The minimum Gasteiger partial charge on any atom is -0.399 e. The first-order chi connectivity index (χ1) is 6.59. The van der Waals surface area contributed by atoms with Gasteiger partial charge in [0.25, 0.3) is 0 Å². The fourth-order valence-electron chi connectivity index (χ4n) is 0.941. The second kappa shape index (κ2) is 4.85. The Morgan fingerprint density at radius 2 is 2.29 bits per heavy atom. The van der Waals surface area contributed by atoms with Crippen LogP contribution in [0.2, 0.25) is 0 Å². The van der Waals surface area contributed by atoms with Gasteiger partial charge in [0.15, 0.2) is 5.78 Å². The van der Waals surface area contributed by atoms with Crippen molar-refractivity contribution in [1.82, 2.24) is 4.72 Å². The smallest absolute Gasteiger partial charge is 0.232 e. The molecule has 0 saturated carbocycles. The standard InChI is InChI=1S/C8H10N2O3S/c9-7-3-1-2-6(4-7)8(11)5-10-14(12)13/h1-4,10H,5,9H2,(H,12,13). The molecule has 5 nitrogen and oxygen atoms in total. The van der Waals surface area contributed by atoms with Crippen molar-refractivity contribution in [1.29, 1.82) is 0 Å². The zero-order chi connectivity index (χ0) is 10.6. The number of nitrogen functional groups attached to an aromatic ring is 1. The van der Waals surface area contributed by atoms with E-state index in [9.17, 15) is 9.00 Å². The number of benzene rings is 1. The molecule has 0 bridgehead atoms. The topological polar surface area (TPSA) is 92.4 Å². The maximum atomic E-state index is 11.3. The van der Waals surface area contributed by atoms with Crippen molar-refractivity contribution >= 4 is 22.7 Å². The van der Waals surface area contributed by atoms with E-state index in [0.717, 1.165) is 0 Å². The van der Waals surface area contributed by atoms with E-state index >= 15 is 0 Å². The first-order valence-electron chi connectivity index (χ1n) is 3.82. The van der Waals surface area contributed by atoms with Crippen LogP contribution >= 0.6 is 0 Å². The molecule has 0 fully saturated rings. The molecule has 0 aliphatic rings. The Bertz CT molecular complexity index is 367. The van der Waals surface area contributed by atoms with E-state index in [1.165, 1.54) is 6.07 Å². The molecule has 0 saturated heterocycles. The Morgan fingerprint density at radius 3 is 2.86 bits per heavy atom. The Labute approximate surface area is 83.7 Å². The molecule has 14 heavy (non-hydrogen) atoms. The highest BCUT2D eigenvalue weighted by Crippen LogP contribution is 2.06. The molecule has 6 heteroatoms. The second-order valence-electron chi connectivity index (χ2n) is 2.62. The van der Waals surface area contributed by atoms with Crippen molar-refractivity contribution in [2.45, 2.75) is 0 Å². The average molecular weight is 214 g/mol. The van der Waals surface area contributed by atoms with Crippen LogP contribution in [0.1, 0.15) is 10.4 Å². The van der Waals surface area contributed by atoms with E-state index < -0.39 is 11.3 Å². The molecule has 76 valence electrons. The van der Waals surface area contributed by atoms with Crippen molar-refractivity contribution in [3.63, 3.8) is 0 Å². The van der Waals surface area contributed by atoms with Gasteiger partial charge < -0.3 is 5.73 Å². The normalized spacial score (nSPS) is 12.4. The average Bonchev–Trinajstić information content (AvgIpc) is 2.14. The van der Waals surface area contributed by atoms with Gasteiger partial charge in [0.2, 0.25) is 11.3 Å². The van der Waals surface area contributed by atoms with Crippen LogP contribution in [0.25, 0.3) is 0 Å². The van der Waals surface area contributed by atoms with Gasteiger partial charge in [-0.25, -0.2) is 8.93 Å². The lowest BCUT2D eigenvalue weighted by molar-refractivity contribution is 0.0997. The van der Waals surface area contributed by atoms with Gasteiger partial charge in [0.1, 0.15) is 0 Å². The number of hydrogen-bond acceptors (Lipinski definition) is 3. The third-order valence-corrected chi connectivity index (χ3v) is 1.96. The SMILES string of the molecule is Nc1cccc(C(=O)CNS(=O)O)c1. The van der Waals surface area contributed by atoms with E-state index in [1.807, 2.05) is 0 Å². The van der Waals surface area contributed by atoms with Crippen LogP contribution in [0.4, 0.5) is 5.69 Å². The minimum atomic E-state index is -2.17. The number of nitrogens with one attached hydrogen (secondary N) is 1. The van der Waals surface area contributed by atoms with Gasteiger partial charge in [-0.3, -0.25) is 9.35 Å². The van der Waals surface area contributed by atoms with Crippen molar-refractivity contribution < 1.29 is 13.6 Å². The first kappa shape index (κ1) is 10.8. The van der Waals surface area contributed by atoms with Gasteiger partial charge >= 0.3 is 0 Å². The summed E-state index contributed by atoms with van der Waals surface area (Å²) in [5.41, 5.74) is 6.38. The van der Waals surface area contributed by atoms with Gasteiger partial charge in [-0.1, -0.05) is 12.1 Å². The number of rotatable bonds is 4. The second-order valence-corrected chi connectivity index (χ2v) is 3.41. The molecule has 0 aliphatic carbocycles. The predicted octanol–water partition coefficient (Wildman–Crippen LogP) is 0.178. The summed E-state index contributed by atoms with van der Waals surface area (Å²) in [6, 6.07) is 6.43. The van der Waals surface area contributed by atoms with Gasteiger partial charge in [-0.05, 0) is 12.1 Å². The number of carbonyl (C=O) groups excluding carboxylic acids is 1. The van der Waals surface area contributed by atoms with Crippen LogP contribution < -0.4 is 10.5 Å². The summed E-state index contributed by atoms with van der Waals surface area (Å²) in [6.45, 7) is -0.188. The third-order valence-electron chi connectivity index (χ3n) is 1.56. The van der Waals surface area contributed by atoms with Gasteiger partial charge in [0.05, 0.1) is 6.54 Å². The minimum absolute atomic E-state index is 0.188. The molecule has 1 atom stereocenters. The number of ketones is 1. The number of carbonyl (C=O) groups is 1. The lowest BCUT2D eigenvalue weighted by Crippen LogP contribution is -2.24. The number of anilines is 1. The van der Waals surface area contributed by atoms with E-state index in [0.29, 0.717) is 11.3 Å². The number of hydrogen-bond donors (Lipinski definition) is 3. The maximum Gasteiger partial charge on any atom is 0.232 e. The van der Waals surface area contributed by atoms with Gasteiger partial charge in [-0.2, -0.15) is 0 Å². The van der Waals surface area contributed by atoms with Gasteiger partial charge in [0, 0.05) is 11.3 Å². The highest BCUT2D eigenvalue weighted by atomic mass is 32.2. The molecule has 1 aromatic carbocycles. The highest BCUT2D eigenvalue weighted by Gasteiger charge is 2.06. The number of Topliss-reactive ketones (excluding diaryl/α,β-unsaturated/α-hetero) is 1. The molecule has 0 amide bonds. The zero-order valence-electron chi connectivity index (χ0n) is 7.27. The van der Waals surface area contributed by atoms with Crippen molar-refractivity contribution in [3.05, 3.63) is 29.8 Å². The van der Waals surface area contributed by atoms with E-state index in [4.69, 9.17) is 10.3 Å². The molecule has 4 N–H and O–H groups in total. The molecule has 1 rings (SSSR count). The molecular formula is C8H10N2O3S. The van der Waals surface area contributed by atoms with Crippen LogP contribution in [0.5, 0.6) is 0 Å². The molecule has 0 heterocycles. The molecule has 0 spiro atoms. The van der Waals surface area contributed by atoms with Crippen LogP contribution in [0.15, 0.2) is 24.3 Å². The Morgan fingerprint density at radius 1 is 1.57 bits per heavy atom. The fourth-order valence-corrected chi connectivity index (χ4v) is 1.20. The quantitative estimate of drug-likeness (QED) is 0.378. The van der Waals surface area contributed by atoms with Crippen molar-refractivity contribution in [2.75, 3.05) is 12.3 Å². The Hall–Kier alpha value is -1.24. The summed E-state index contributed by atoms with van der Waals surface area (Å²) in [4.78, 5) is 11.3. The summed E-state index contributed by atoms with van der Waals surface area (Å²) < 4.78 is 20.7. The van der Waals surface area contributed by atoms with E-state index in [2.05, 4.69) is 4.72 Å². The lowest BCUT2D eigenvalue weighted by Gasteiger charge is -2.01. The van der Waals surface area contributed by atoms with E-state index in [1.54, 1.807) is 18.2 Å². The summed E-state index contributed by atoms with van der Waals surface area (Å²) in [7, 11) is 0. The van der Waals surface area contributed by atoms with Crippen LogP contribution in [-0.2, 0) is 11.3 Å². The fraction of sp³-hybridized carbons (Fsp3) is 0.125. The third kappa shape index (κ3) is 3.25. The number of nitrogens with two attached hydrogens (primary N) is 1. The molecule has 0 radical (unpaired) electrons.